The molecule has 3 nitrogen and oxygen atoms in total. The summed E-state index contributed by atoms with van der Waals surface area (Å²) in [6.07, 6.45) is 1.57. The first-order chi connectivity index (χ1) is 7.75. The minimum absolute atomic E-state index is 0.254. The molecule has 0 heterocycles. The number of primary amides is 1. The van der Waals surface area contributed by atoms with Gasteiger partial charge in [-0.1, -0.05) is 26.0 Å². The number of nitrogen functional groups attached to an aromatic ring is 1. The van der Waals surface area contributed by atoms with Gasteiger partial charge in [-0.3, -0.25) is 4.79 Å². The van der Waals surface area contributed by atoms with Crippen molar-refractivity contribution < 1.29 is 4.79 Å². The van der Waals surface area contributed by atoms with Crippen LogP contribution in [0.4, 0.5) is 5.69 Å². The summed E-state index contributed by atoms with van der Waals surface area (Å²) in [6, 6.07) is 4.10. The van der Waals surface area contributed by atoms with Crippen molar-refractivity contribution in [3.8, 4) is 0 Å². The molecule has 94 valence electrons. The molecule has 0 fully saturated rings. The topological polar surface area (TPSA) is 69.1 Å². The Kier molecular flexibility index (Phi) is 3.81. The van der Waals surface area contributed by atoms with Crippen LogP contribution in [-0.4, -0.2) is 5.91 Å². The molecule has 1 rings (SSSR count). The summed E-state index contributed by atoms with van der Waals surface area (Å²) >= 11 is 0. The maximum atomic E-state index is 11.2. The second kappa shape index (κ2) is 4.78. The summed E-state index contributed by atoms with van der Waals surface area (Å²) in [5.41, 5.74) is 15.1. The predicted molar refractivity (Wildman–Crippen MR) is 71.6 cm³/mol. The van der Waals surface area contributed by atoms with Crippen LogP contribution in [0.15, 0.2) is 12.1 Å². The van der Waals surface area contributed by atoms with E-state index in [4.69, 9.17) is 11.5 Å². The number of nitrogens with two attached hydrogens (primary N) is 2. The van der Waals surface area contributed by atoms with Gasteiger partial charge in [-0.2, -0.15) is 0 Å². The second-order valence-electron chi connectivity index (χ2n) is 5.33. The van der Waals surface area contributed by atoms with Gasteiger partial charge in [-0.05, 0) is 43.4 Å². The fourth-order valence-corrected chi connectivity index (χ4v) is 1.75. The smallest absolute Gasteiger partial charge is 0.223 e. The number of amides is 1. The Morgan fingerprint density at radius 2 is 1.88 bits per heavy atom. The lowest BCUT2D eigenvalue weighted by molar-refractivity contribution is -0.126. The standard InChI is InChI=1S/C14H22N2O/c1-9-5-6-11(10(2)12(9)15)7-8-14(3,4)13(16)17/h5-6H,7-8,15H2,1-4H3,(H2,16,17). The molecule has 1 aromatic rings. The fraction of sp³-hybridized carbons (Fsp3) is 0.500. The Morgan fingerprint density at radius 3 is 2.41 bits per heavy atom. The predicted octanol–water partition coefficient (Wildman–Crippen LogP) is 2.33. The molecule has 4 N–H and O–H groups in total. The Hall–Kier alpha value is -1.51. The van der Waals surface area contributed by atoms with Crippen molar-refractivity contribution in [2.45, 2.75) is 40.5 Å². The SMILES string of the molecule is Cc1ccc(CCC(C)(C)C(N)=O)c(C)c1N. The zero-order chi connectivity index (χ0) is 13.2. The van der Waals surface area contributed by atoms with Gasteiger partial charge in [0.2, 0.25) is 5.91 Å². The number of hydrogen-bond acceptors (Lipinski definition) is 2. The molecule has 0 atom stereocenters. The van der Waals surface area contributed by atoms with E-state index in [9.17, 15) is 4.79 Å². The van der Waals surface area contributed by atoms with Crippen molar-refractivity contribution in [2.24, 2.45) is 11.1 Å². The van der Waals surface area contributed by atoms with Crippen LogP contribution < -0.4 is 11.5 Å². The molecule has 3 heteroatoms. The van der Waals surface area contributed by atoms with E-state index >= 15 is 0 Å². The van der Waals surface area contributed by atoms with Gasteiger partial charge in [-0.25, -0.2) is 0 Å². The van der Waals surface area contributed by atoms with Crippen LogP contribution >= 0.6 is 0 Å². The van der Waals surface area contributed by atoms with Gasteiger partial charge < -0.3 is 11.5 Å². The number of benzene rings is 1. The van der Waals surface area contributed by atoms with Crippen LogP contribution in [0.5, 0.6) is 0 Å². The van der Waals surface area contributed by atoms with E-state index in [1.165, 1.54) is 5.56 Å². The third-order valence-corrected chi connectivity index (χ3v) is 3.53. The van der Waals surface area contributed by atoms with Crippen molar-refractivity contribution >= 4 is 11.6 Å². The summed E-state index contributed by atoms with van der Waals surface area (Å²) in [5.74, 6) is -0.254. The average molecular weight is 234 g/mol. The molecule has 17 heavy (non-hydrogen) atoms. The van der Waals surface area contributed by atoms with Crippen LogP contribution in [0.2, 0.25) is 0 Å². The van der Waals surface area contributed by atoms with Gasteiger partial charge in [0.15, 0.2) is 0 Å². The van der Waals surface area contributed by atoms with E-state index in [1.54, 1.807) is 0 Å². The van der Waals surface area contributed by atoms with Gasteiger partial charge in [0.05, 0.1) is 0 Å². The Labute approximate surface area is 103 Å². The highest BCUT2D eigenvalue weighted by Crippen LogP contribution is 2.26. The van der Waals surface area contributed by atoms with E-state index in [0.717, 1.165) is 29.7 Å². The quantitative estimate of drug-likeness (QED) is 0.785. The van der Waals surface area contributed by atoms with Crippen LogP contribution in [-0.2, 0) is 11.2 Å². The van der Waals surface area contributed by atoms with Crippen molar-refractivity contribution in [3.63, 3.8) is 0 Å². The fourth-order valence-electron chi connectivity index (χ4n) is 1.75. The first-order valence-electron chi connectivity index (χ1n) is 5.90. The maximum absolute atomic E-state index is 11.2. The van der Waals surface area contributed by atoms with Crippen molar-refractivity contribution in [3.05, 3.63) is 28.8 Å². The van der Waals surface area contributed by atoms with Gasteiger partial charge >= 0.3 is 0 Å². The van der Waals surface area contributed by atoms with Gasteiger partial charge in [0, 0.05) is 11.1 Å². The van der Waals surface area contributed by atoms with Gasteiger partial charge in [0.25, 0.3) is 0 Å². The minimum atomic E-state index is -0.466. The average Bonchev–Trinajstić information content (AvgIpc) is 2.25. The summed E-state index contributed by atoms with van der Waals surface area (Å²) < 4.78 is 0. The highest BCUT2D eigenvalue weighted by molar-refractivity contribution is 5.79. The molecule has 0 spiro atoms. The molecule has 1 amide bonds. The van der Waals surface area contributed by atoms with E-state index in [0.29, 0.717) is 0 Å². The first kappa shape index (κ1) is 13.6. The van der Waals surface area contributed by atoms with E-state index in [-0.39, 0.29) is 5.91 Å². The zero-order valence-corrected chi connectivity index (χ0v) is 11.1. The van der Waals surface area contributed by atoms with E-state index < -0.39 is 5.41 Å². The molecule has 0 bridgehead atoms. The summed E-state index contributed by atoms with van der Waals surface area (Å²) in [6.45, 7) is 7.78. The molecule has 0 aliphatic carbocycles. The molecule has 0 radical (unpaired) electrons. The molecule has 0 saturated carbocycles. The molecule has 0 saturated heterocycles. The Morgan fingerprint density at radius 1 is 1.29 bits per heavy atom. The Bertz CT molecular complexity index is 436. The summed E-state index contributed by atoms with van der Waals surface area (Å²) in [5, 5.41) is 0. The lowest BCUT2D eigenvalue weighted by Gasteiger charge is -2.21. The number of anilines is 1. The number of rotatable bonds is 4. The molecule has 1 aromatic carbocycles. The molecule has 0 aliphatic rings. The maximum Gasteiger partial charge on any atom is 0.223 e. The summed E-state index contributed by atoms with van der Waals surface area (Å²) in [7, 11) is 0. The normalized spacial score (nSPS) is 11.5. The highest BCUT2D eigenvalue weighted by atomic mass is 16.1. The first-order valence-corrected chi connectivity index (χ1v) is 5.90. The van der Waals surface area contributed by atoms with Gasteiger partial charge in [0.1, 0.15) is 0 Å². The molecule has 0 aliphatic heterocycles. The van der Waals surface area contributed by atoms with E-state index in [1.807, 2.05) is 33.8 Å². The van der Waals surface area contributed by atoms with Crippen LogP contribution in [0.25, 0.3) is 0 Å². The zero-order valence-electron chi connectivity index (χ0n) is 11.1. The minimum Gasteiger partial charge on any atom is -0.398 e. The highest BCUT2D eigenvalue weighted by Gasteiger charge is 2.24. The van der Waals surface area contributed by atoms with Crippen LogP contribution in [0.1, 0.15) is 37.0 Å². The third-order valence-electron chi connectivity index (χ3n) is 3.53. The molecule has 0 unspecified atom stereocenters. The van der Waals surface area contributed by atoms with Gasteiger partial charge in [-0.15, -0.1) is 0 Å². The number of carbonyl (C=O) groups is 1. The Balaban J connectivity index is 2.84. The lowest BCUT2D eigenvalue weighted by atomic mass is 9.84. The third kappa shape index (κ3) is 2.99. The molecular weight excluding hydrogens is 212 g/mol. The lowest BCUT2D eigenvalue weighted by Crippen LogP contribution is -2.31. The van der Waals surface area contributed by atoms with Crippen LogP contribution in [0, 0.1) is 19.3 Å². The van der Waals surface area contributed by atoms with Crippen molar-refractivity contribution in [1.29, 1.82) is 0 Å². The van der Waals surface area contributed by atoms with E-state index in [2.05, 4.69) is 6.07 Å². The number of hydrogen-bond donors (Lipinski definition) is 2. The largest absolute Gasteiger partial charge is 0.398 e. The second-order valence-corrected chi connectivity index (χ2v) is 5.33. The van der Waals surface area contributed by atoms with Crippen molar-refractivity contribution in [2.75, 3.05) is 5.73 Å². The monoisotopic (exact) mass is 234 g/mol. The number of aryl methyl sites for hydroxylation is 2. The number of carbonyl (C=O) groups excluding carboxylic acids is 1. The van der Waals surface area contributed by atoms with Crippen LogP contribution in [0.3, 0.4) is 0 Å². The molecular formula is C14H22N2O. The molecule has 0 aromatic heterocycles. The van der Waals surface area contributed by atoms with Crippen molar-refractivity contribution in [1.82, 2.24) is 0 Å². The summed E-state index contributed by atoms with van der Waals surface area (Å²) in [4.78, 5) is 11.2.